The van der Waals surface area contributed by atoms with Gasteiger partial charge in [0.25, 0.3) is 5.91 Å². The van der Waals surface area contributed by atoms with Crippen molar-refractivity contribution < 1.29 is 19.1 Å². The second kappa shape index (κ2) is 9.03. The van der Waals surface area contributed by atoms with E-state index in [1.165, 1.54) is 10.5 Å². The number of imide groups is 1. The highest BCUT2D eigenvalue weighted by Gasteiger charge is 2.56. The van der Waals surface area contributed by atoms with Crippen LogP contribution in [-0.4, -0.2) is 53.7 Å². The molecule has 2 saturated heterocycles. The summed E-state index contributed by atoms with van der Waals surface area (Å²) in [6.45, 7) is 3.33. The second-order valence-electron chi connectivity index (χ2n) is 10.3. The summed E-state index contributed by atoms with van der Waals surface area (Å²) >= 11 is 6.51. The Morgan fingerprint density at radius 3 is 2.54 bits per heavy atom. The Bertz CT molecular complexity index is 1140. The molecule has 1 saturated carbocycles. The average Bonchev–Trinajstić information content (AvgIpc) is 3.51. The van der Waals surface area contributed by atoms with Crippen LogP contribution < -0.4 is 14.8 Å². The van der Waals surface area contributed by atoms with E-state index in [1.807, 2.05) is 36.4 Å². The van der Waals surface area contributed by atoms with Crippen LogP contribution in [0.15, 0.2) is 42.5 Å². The number of carbonyl (C=O) groups is 2. The predicted molar refractivity (Wildman–Crippen MR) is 131 cm³/mol. The number of carbonyl (C=O) groups excluding carboxylic acids is 2. The number of hydrogen-bond donors (Lipinski definition) is 1. The minimum absolute atomic E-state index is 0.0485. The number of urea groups is 1. The second-order valence-corrected chi connectivity index (χ2v) is 10.7. The van der Waals surface area contributed by atoms with Crippen molar-refractivity contribution in [2.24, 2.45) is 11.8 Å². The molecule has 6 rings (SSSR count). The molecule has 4 aliphatic rings. The first-order valence-electron chi connectivity index (χ1n) is 12.5. The number of amides is 3. The van der Waals surface area contributed by atoms with E-state index in [2.05, 4.69) is 16.3 Å². The van der Waals surface area contributed by atoms with Crippen LogP contribution in [0, 0.1) is 11.8 Å². The molecular weight excluding hydrogens is 466 g/mol. The largest absolute Gasteiger partial charge is 0.454 e. The van der Waals surface area contributed by atoms with Gasteiger partial charge in [-0.05, 0) is 79.9 Å². The molecule has 3 heterocycles. The van der Waals surface area contributed by atoms with Crippen molar-refractivity contribution in [2.75, 3.05) is 26.4 Å². The van der Waals surface area contributed by atoms with E-state index in [4.69, 9.17) is 21.1 Å². The van der Waals surface area contributed by atoms with Gasteiger partial charge in [0.05, 0.1) is 0 Å². The third kappa shape index (κ3) is 4.36. The molecule has 1 aliphatic carbocycles. The van der Waals surface area contributed by atoms with Crippen LogP contribution in [0.25, 0.3) is 0 Å². The Hall–Kier alpha value is -2.77. The van der Waals surface area contributed by atoms with E-state index in [1.54, 1.807) is 0 Å². The first-order valence-corrected chi connectivity index (χ1v) is 12.9. The van der Waals surface area contributed by atoms with Crippen LogP contribution in [0.5, 0.6) is 11.5 Å². The lowest BCUT2D eigenvalue weighted by molar-refractivity contribution is -0.134. The van der Waals surface area contributed by atoms with E-state index in [0.29, 0.717) is 23.9 Å². The maximum Gasteiger partial charge on any atom is 0.325 e. The highest BCUT2D eigenvalue weighted by Crippen LogP contribution is 2.40. The fourth-order valence-corrected chi connectivity index (χ4v) is 5.94. The van der Waals surface area contributed by atoms with E-state index in [9.17, 15) is 9.59 Å². The molecule has 7 nitrogen and oxygen atoms in total. The summed E-state index contributed by atoms with van der Waals surface area (Å²) in [7, 11) is 0. The highest BCUT2D eigenvalue weighted by atomic mass is 35.5. The van der Waals surface area contributed by atoms with Gasteiger partial charge in [-0.25, -0.2) is 4.79 Å². The summed E-state index contributed by atoms with van der Waals surface area (Å²) in [5, 5.41) is 3.80. The van der Waals surface area contributed by atoms with Crippen LogP contribution in [0.1, 0.15) is 36.8 Å². The summed E-state index contributed by atoms with van der Waals surface area (Å²) in [6, 6.07) is 13.5. The number of piperidine rings is 1. The van der Waals surface area contributed by atoms with Crippen molar-refractivity contribution in [3.05, 3.63) is 58.6 Å². The fraction of sp³-hybridized carbons (Fsp3) is 0.481. The van der Waals surface area contributed by atoms with Crippen molar-refractivity contribution >= 4 is 23.5 Å². The molecule has 3 aliphatic heterocycles. The highest BCUT2D eigenvalue weighted by molar-refractivity contribution is 6.31. The van der Waals surface area contributed by atoms with Gasteiger partial charge in [-0.15, -0.1) is 0 Å². The molecule has 35 heavy (non-hydrogen) atoms. The molecule has 3 amide bonds. The molecule has 2 aromatic carbocycles. The monoisotopic (exact) mass is 495 g/mol. The molecule has 2 aromatic rings. The lowest BCUT2D eigenvalue weighted by Crippen LogP contribution is -2.57. The quantitative estimate of drug-likeness (QED) is 0.582. The Balaban J connectivity index is 1.20. The van der Waals surface area contributed by atoms with Crippen LogP contribution in [0.2, 0.25) is 5.02 Å². The Labute approximate surface area is 210 Å². The molecule has 0 radical (unpaired) electrons. The molecule has 1 atom stereocenters. The summed E-state index contributed by atoms with van der Waals surface area (Å²) < 4.78 is 10.9. The van der Waals surface area contributed by atoms with Crippen LogP contribution in [0.3, 0.4) is 0 Å². The molecule has 0 aromatic heterocycles. The van der Waals surface area contributed by atoms with Crippen LogP contribution in [-0.2, 0) is 17.8 Å². The SMILES string of the molecule is O=C1NC(Cc2ccccc2Cl)(C2CCN(Cc3ccc4c(c3)OCO4)CC2)C(=O)N1CC1CC1. The van der Waals surface area contributed by atoms with Gasteiger partial charge in [0.1, 0.15) is 5.54 Å². The molecule has 1 unspecified atom stereocenters. The smallest absolute Gasteiger partial charge is 0.325 e. The van der Waals surface area contributed by atoms with E-state index < -0.39 is 5.54 Å². The first-order chi connectivity index (χ1) is 17.0. The Morgan fingerprint density at radius 2 is 1.77 bits per heavy atom. The lowest BCUT2D eigenvalue weighted by Gasteiger charge is -2.41. The van der Waals surface area contributed by atoms with Crippen molar-refractivity contribution in [3.8, 4) is 11.5 Å². The fourth-order valence-electron chi connectivity index (χ4n) is 5.73. The maximum absolute atomic E-state index is 13.9. The van der Waals surface area contributed by atoms with Crippen molar-refractivity contribution in [2.45, 2.75) is 44.2 Å². The average molecular weight is 496 g/mol. The van der Waals surface area contributed by atoms with E-state index in [0.717, 1.165) is 62.4 Å². The van der Waals surface area contributed by atoms with Crippen molar-refractivity contribution in [1.82, 2.24) is 15.1 Å². The number of benzene rings is 2. The lowest BCUT2D eigenvalue weighted by atomic mass is 9.73. The topological polar surface area (TPSA) is 71.1 Å². The van der Waals surface area contributed by atoms with Crippen molar-refractivity contribution in [1.29, 1.82) is 0 Å². The number of fused-ring (bicyclic) bond motifs is 1. The number of hydrogen-bond acceptors (Lipinski definition) is 5. The third-order valence-electron chi connectivity index (χ3n) is 7.89. The summed E-state index contributed by atoms with van der Waals surface area (Å²) in [5.41, 5.74) is 1.14. The summed E-state index contributed by atoms with van der Waals surface area (Å²) in [5.74, 6) is 2.01. The summed E-state index contributed by atoms with van der Waals surface area (Å²) in [4.78, 5) is 30.7. The van der Waals surface area contributed by atoms with Gasteiger partial charge in [0.2, 0.25) is 6.79 Å². The number of ether oxygens (including phenoxy) is 2. The molecule has 1 N–H and O–H groups in total. The molecular formula is C27H30ClN3O4. The minimum atomic E-state index is -0.943. The molecule has 8 heteroatoms. The molecule has 184 valence electrons. The Morgan fingerprint density at radius 1 is 1.00 bits per heavy atom. The maximum atomic E-state index is 13.9. The summed E-state index contributed by atoms with van der Waals surface area (Å²) in [6.07, 6.45) is 4.27. The van der Waals surface area contributed by atoms with Gasteiger partial charge in [-0.1, -0.05) is 35.9 Å². The molecule has 0 spiro atoms. The Kier molecular flexibility index (Phi) is 5.85. The van der Waals surface area contributed by atoms with Crippen LogP contribution >= 0.6 is 11.6 Å². The molecule has 0 bridgehead atoms. The minimum Gasteiger partial charge on any atom is -0.454 e. The van der Waals surface area contributed by atoms with Gasteiger partial charge in [-0.3, -0.25) is 14.6 Å². The first kappa shape index (κ1) is 22.7. The van der Waals surface area contributed by atoms with Gasteiger partial charge in [-0.2, -0.15) is 0 Å². The normalized spacial score (nSPS) is 24.8. The zero-order valence-corrected chi connectivity index (χ0v) is 20.4. The molecule has 3 fully saturated rings. The number of nitrogens with one attached hydrogen (secondary N) is 1. The van der Waals surface area contributed by atoms with Crippen molar-refractivity contribution in [3.63, 3.8) is 0 Å². The third-order valence-corrected chi connectivity index (χ3v) is 8.26. The van der Waals surface area contributed by atoms with Gasteiger partial charge >= 0.3 is 6.03 Å². The van der Waals surface area contributed by atoms with Gasteiger partial charge < -0.3 is 14.8 Å². The number of nitrogens with zero attached hydrogens (tertiary/aromatic N) is 2. The number of likely N-dealkylation sites (tertiary alicyclic amines) is 1. The van der Waals surface area contributed by atoms with Crippen LogP contribution in [0.4, 0.5) is 4.79 Å². The number of rotatable bonds is 7. The standard InChI is InChI=1S/C27H30ClN3O4/c28-22-4-2-1-3-20(22)14-27(25(32)31(26(33)29-27)16-18-5-6-18)21-9-11-30(12-10-21)15-19-7-8-23-24(13-19)35-17-34-23/h1-4,7-8,13,18,21H,5-6,9-12,14-17H2,(H,29,33). The predicted octanol–water partition coefficient (Wildman–Crippen LogP) is 4.22. The van der Waals surface area contributed by atoms with E-state index >= 15 is 0 Å². The zero-order chi connectivity index (χ0) is 24.0. The van der Waals surface area contributed by atoms with E-state index in [-0.39, 0.29) is 24.6 Å². The number of halogens is 1. The van der Waals surface area contributed by atoms with Gasteiger partial charge in [0.15, 0.2) is 11.5 Å². The zero-order valence-electron chi connectivity index (χ0n) is 19.7. The van der Waals surface area contributed by atoms with Gasteiger partial charge in [0, 0.05) is 24.5 Å².